The van der Waals surface area contributed by atoms with E-state index < -0.39 is 17.4 Å². The minimum Gasteiger partial charge on any atom is -0.494 e. The van der Waals surface area contributed by atoms with Crippen LogP contribution < -0.4 is 10.1 Å². The van der Waals surface area contributed by atoms with Gasteiger partial charge in [-0.1, -0.05) is 12.6 Å². The second-order valence-corrected chi connectivity index (χ2v) is 6.77. The van der Waals surface area contributed by atoms with Crippen LogP contribution in [0.5, 0.6) is 5.75 Å². The van der Waals surface area contributed by atoms with E-state index >= 15 is 0 Å². The van der Waals surface area contributed by atoms with Gasteiger partial charge in [-0.25, -0.2) is 4.99 Å². The zero-order chi connectivity index (χ0) is 20.3. The predicted molar refractivity (Wildman–Crippen MR) is 103 cm³/mol. The number of ether oxygens (including phenoxy) is 2. The highest BCUT2D eigenvalue weighted by Gasteiger charge is 2.40. The summed E-state index contributed by atoms with van der Waals surface area (Å²) >= 11 is 0. The Kier molecular flexibility index (Phi) is 5.77. The molecule has 0 unspecified atom stereocenters. The monoisotopic (exact) mass is 388 g/mol. The Morgan fingerprint density at radius 2 is 2.07 bits per heavy atom. The van der Waals surface area contributed by atoms with E-state index in [1.54, 1.807) is 12.1 Å². The van der Waals surface area contributed by atoms with Crippen LogP contribution in [0.4, 0.5) is 14.5 Å². The summed E-state index contributed by atoms with van der Waals surface area (Å²) < 4.78 is 38.6. The van der Waals surface area contributed by atoms with Gasteiger partial charge in [-0.15, -0.1) is 5.73 Å². The lowest BCUT2D eigenvalue weighted by atomic mass is 9.87. The van der Waals surface area contributed by atoms with E-state index in [2.05, 4.69) is 22.6 Å². The number of hydrogen-bond acceptors (Lipinski definition) is 4. The molecule has 2 aliphatic heterocycles. The normalized spacial score (nSPS) is 16.8. The largest absolute Gasteiger partial charge is 0.494 e. The lowest BCUT2D eigenvalue weighted by Gasteiger charge is -2.25. The molecule has 28 heavy (non-hydrogen) atoms. The quantitative estimate of drug-likeness (QED) is 0.623. The van der Waals surface area contributed by atoms with Crippen molar-refractivity contribution >= 4 is 23.5 Å². The van der Waals surface area contributed by atoms with Gasteiger partial charge >= 0.3 is 5.92 Å². The standard InChI is InChI=1S/C21H22F2N2O3/c1-13(2)21(22,23)20(26)25-18-6-4-5-16-15(14-9-11-28-12-10-14)7-8-17(27-3)19(16)24-18/h5-8,14H,1,9-12H2,2-3H3,(H,24,25,26). The first-order valence-electron chi connectivity index (χ1n) is 8.99. The molecule has 7 heteroatoms. The number of fused-ring (bicyclic) bond motifs is 1. The Labute approximate surface area is 162 Å². The fraction of sp³-hybridized carbons (Fsp3) is 0.381. The highest BCUT2D eigenvalue weighted by molar-refractivity contribution is 6.09. The van der Waals surface area contributed by atoms with Crippen LogP contribution in [0, 0.1) is 0 Å². The van der Waals surface area contributed by atoms with Gasteiger partial charge in [-0.2, -0.15) is 8.78 Å². The minimum atomic E-state index is -3.69. The Morgan fingerprint density at radius 3 is 2.71 bits per heavy atom. The van der Waals surface area contributed by atoms with Crippen LogP contribution in [0.15, 0.2) is 41.1 Å². The van der Waals surface area contributed by atoms with Crippen LogP contribution in [0.1, 0.15) is 36.8 Å². The van der Waals surface area contributed by atoms with E-state index in [9.17, 15) is 13.6 Å². The van der Waals surface area contributed by atoms with Crippen molar-refractivity contribution < 1.29 is 23.0 Å². The summed E-state index contributed by atoms with van der Waals surface area (Å²) in [5, 5.41) is 2.16. The van der Waals surface area contributed by atoms with Gasteiger partial charge in [0.25, 0.3) is 5.91 Å². The Balaban J connectivity index is 2.00. The Bertz CT molecular complexity index is 893. The van der Waals surface area contributed by atoms with Crippen molar-refractivity contribution in [1.82, 2.24) is 5.32 Å². The van der Waals surface area contributed by atoms with Crippen LogP contribution in [0.3, 0.4) is 0 Å². The van der Waals surface area contributed by atoms with E-state index in [1.165, 1.54) is 13.2 Å². The second-order valence-electron chi connectivity index (χ2n) is 6.77. The first-order valence-corrected chi connectivity index (χ1v) is 8.99. The summed E-state index contributed by atoms with van der Waals surface area (Å²) in [6, 6.07) is 3.79. The van der Waals surface area contributed by atoms with Gasteiger partial charge in [0.15, 0.2) is 0 Å². The minimum absolute atomic E-state index is 0.0386. The first kappa shape index (κ1) is 20.0. The van der Waals surface area contributed by atoms with Gasteiger partial charge in [0, 0.05) is 24.9 Å². The maximum Gasteiger partial charge on any atom is 0.345 e. The number of alkyl halides is 2. The van der Waals surface area contributed by atoms with Crippen molar-refractivity contribution in [2.45, 2.75) is 31.6 Å². The molecule has 1 N–H and O–H groups in total. The molecule has 148 valence electrons. The van der Waals surface area contributed by atoms with E-state index in [1.807, 2.05) is 6.07 Å². The number of amidine groups is 1. The predicted octanol–water partition coefficient (Wildman–Crippen LogP) is 4.13. The van der Waals surface area contributed by atoms with Crippen molar-refractivity contribution in [2.75, 3.05) is 20.3 Å². The fourth-order valence-corrected chi connectivity index (χ4v) is 3.21. The van der Waals surface area contributed by atoms with Gasteiger partial charge in [0.05, 0.1) is 7.11 Å². The molecule has 0 aromatic heterocycles. The van der Waals surface area contributed by atoms with Gasteiger partial charge in [0.1, 0.15) is 17.3 Å². The second kappa shape index (κ2) is 8.09. The molecular formula is C21H22F2N2O3. The number of halogens is 2. The molecule has 5 nitrogen and oxygen atoms in total. The highest BCUT2D eigenvalue weighted by atomic mass is 19.3. The SMILES string of the molecule is C=C(C)C(F)(F)C(=O)NC1=Nc2c(OC)ccc(C3CCOCC3)c2C=C=C1. The molecular weight excluding hydrogens is 366 g/mol. The third-order valence-electron chi connectivity index (χ3n) is 4.84. The molecule has 0 radical (unpaired) electrons. The number of hydrogen-bond donors (Lipinski definition) is 1. The van der Waals surface area contributed by atoms with E-state index in [4.69, 9.17) is 9.47 Å². The van der Waals surface area contributed by atoms with Crippen molar-refractivity contribution in [1.29, 1.82) is 0 Å². The number of amides is 1. The van der Waals surface area contributed by atoms with E-state index in [0.29, 0.717) is 30.6 Å². The van der Waals surface area contributed by atoms with Crippen molar-refractivity contribution in [3.05, 3.63) is 47.2 Å². The molecule has 2 heterocycles. The van der Waals surface area contributed by atoms with Crippen molar-refractivity contribution in [3.8, 4) is 5.75 Å². The first-order chi connectivity index (χ1) is 13.3. The molecule has 0 atom stereocenters. The summed E-state index contributed by atoms with van der Waals surface area (Å²) in [6.45, 7) is 5.65. The zero-order valence-corrected chi connectivity index (χ0v) is 15.9. The highest BCUT2D eigenvalue weighted by Crippen LogP contribution is 2.41. The van der Waals surface area contributed by atoms with Gasteiger partial charge in [-0.05, 0) is 49.0 Å². The molecule has 0 aliphatic carbocycles. The van der Waals surface area contributed by atoms with Crippen LogP contribution >= 0.6 is 0 Å². The molecule has 1 saturated heterocycles. The summed E-state index contributed by atoms with van der Waals surface area (Å²) in [4.78, 5) is 16.4. The maximum absolute atomic E-state index is 13.9. The number of carbonyl (C=O) groups is 1. The smallest absolute Gasteiger partial charge is 0.345 e. The van der Waals surface area contributed by atoms with Gasteiger partial charge < -0.3 is 14.8 Å². The number of nitrogens with one attached hydrogen (secondary N) is 1. The molecule has 1 fully saturated rings. The van der Waals surface area contributed by atoms with E-state index in [-0.39, 0.29) is 5.84 Å². The fourth-order valence-electron chi connectivity index (χ4n) is 3.21. The van der Waals surface area contributed by atoms with Crippen LogP contribution in [0.25, 0.3) is 6.08 Å². The van der Waals surface area contributed by atoms with Crippen LogP contribution in [-0.4, -0.2) is 38.0 Å². The molecule has 1 amide bonds. The lowest BCUT2D eigenvalue weighted by Crippen LogP contribution is -2.43. The van der Waals surface area contributed by atoms with Crippen LogP contribution in [-0.2, 0) is 9.53 Å². The number of methoxy groups -OCH3 is 1. The third-order valence-corrected chi connectivity index (χ3v) is 4.84. The summed E-state index contributed by atoms with van der Waals surface area (Å²) in [5.74, 6) is -4.44. The molecule has 1 aromatic rings. The number of aliphatic imine (C=N–C) groups is 1. The lowest BCUT2D eigenvalue weighted by molar-refractivity contribution is -0.138. The number of benzene rings is 1. The average molecular weight is 388 g/mol. The molecule has 3 rings (SSSR count). The molecule has 1 aromatic carbocycles. The van der Waals surface area contributed by atoms with Crippen molar-refractivity contribution in [2.24, 2.45) is 4.99 Å². The summed E-state index contributed by atoms with van der Waals surface area (Å²) in [6.07, 6.45) is 4.87. The van der Waals surface area contributed by atoms with Crippen LogP contribution in [0.2, 0.25) is 0 Å². The average Bonchev–Trinajstić information content (AvgIpc) is 2.90. The number of rotatable bonds is 4. The Hall–Kier alpha value is -2.76. The molecule has 2 aliphatic rings. The Morgan fingerprint density at radius 1 is 1.36 bits per heavy atom. The third kappa shape index (κ3) is 3.91. The number of carbonyl (C=O) groups excluding carboxylic acids is 1. The zero-order valence-electron chi connectivity index (χ0n) is 15.9. The summed E-state index contributed by atoms with van der Waals surface area (Å²) in [7, 11) is 1.51. The number of nitrogens with zero attached hydrogens (tertiary/aromatic N) is 1. The maximum atomic E-state index is 13.9. The van der Waals surface area contributed by atoms with Gasteiger partial charge in [-0.3, -0.25) is 4.79 Å². The van der Waals surface area contributed by atoms with Gasteiger partial charge in [0.2, 0.25) is 0 Å². The molecule has 0 saturated carbocycles. The van der Waals surface area contributed by atoms with E-state index in [0.717, 1.165) is 30.9 Å². The topological polar surface area (TPSA) is 59.9 Å². The van der Waals surface area contributed by atoms with Crippen molar-refractivity contribution in [3.63, 3.8) is 0 Å². The molecule has 0 spiro atoms. The summed E-state index contributed by atoms with van der Waals surface area (Å²) in [5.41, 5.74) is 4.73. The molecule has 0 bridgehead atoms.